The fourth-order valence-corrected chi connectivity index (χ4v) is 1.49. The molecule has 15 heavy (non-hydrogen) atoms. The maximum atomic E-state index is 11.6. The van der Waals surface area contributed by atoms with Crippen LogP contribution < -0.4 is 5.73 Å². The molecule has 0 aromatic heterocycles. The van der Waals surface area contributed by atoms with Gasteiger partial charge in [0.05, 0.1) is 25.4 Å². The lowest BCUT2D eigenvalue weighted by Crippen LogP contribution is -2.51. The number of halogens is 1. The number of carbonyl (C=O) groups is 1. The highest BCUT2D eigenvalue weighted by Gasteiger charge is 2.25. The van der Waals surface area contributed by atoms with Crippen LogP contribution >= 0.6 is 12.4 Å². The highest BCUT2D eigenvalue weighted by molar-refractivity contribution is 5.85. The Kier molecular flexibility index (Phi) is 6.84. The SMILES string of the molecule is COCC1CN(C(=O)[C@H](C)N)CCO1.Cl. The van der Waals surface area contributed by atoms with E-state index in [-0.39, 0.29) is 24.4 Å². The third-order valence-electron chi connectivity index (χ3n) is 2.19. The molecule has 0 aromatic carbocycles. The Labute approximate surface area is 96.3 Å². The van der Waals surface area contributed by atoms with E-state index in [9.17, 15) is 4.79 Å². The van der Waals surface area contributed by atoms with Crippen molar-refractivity contribution in [3.8, 4) is 0 Å². The number of methoxy groups -OCH3 is 1. The predicted octanol–water partition coefficient (Wildman–Crippen LogP) is -0.371. The molecule has 1 saturated heterocycles. The molecule has 1 rings (SSSR count). The van der Waals surface area contributed by atoms with Gasteiger partial charge in [-0.05, 0) is 6.92 Å². The van der Waals surface area contributed by atoms with Gasteiger partial charge in [0.15, 0.2) is 0 Å². The zero-order chi connectivity index (χ0) is 10.6. The Balaban J connectivity index is 0.00000196. The van der Waals surface area contributed by atoms with Crippen molar-refractivity contribution in [2.75, 3.05) is 33.4 Å². The molecule has 1 fully saturated rings. The van der Waals surface area contributed by atoms with Crippen LogP contribution in [0.3, 0.4) is 0 Å². The summed E-state index contributed by atoms with van der Waals surface area (Å²) in [6.45, 7) is 3.98. The van der Waals surface area contributed by atoms with Crippen LogP contribution in [0.15, 0.2) is 0 Å². The van der Waals surface area contributed by atoms with E-state index >= 15 is 0 Å². The summed E-state index contributed by atoms with van der Waals surface area (Å²) in [6.07, 6.45) is -0.0172. The summed E-state index contributed by atoms with van der Waals surface area (Å²) < 4.78 is 10.4. The van der Waals surface area contributed by atoms with Crippen molar-refractivity contribution < 1.29 is 14.3 Å². The van der Waals surface area contributed by atoms with Gasteiger partial charge in [-0.2, -0.15) is 0 Å². The molecule has 5 nitrogen and oxygen atoms in total. The minimum absolute atomic E-state index is 0. The third-order valence-corrected chi connectivity index (χ3v) is 2.19. The first-order valence-electron chi connectivity index (χ1n) is 4.80. The van der Waals surface area contributed by atoms with Gasteiger partial charge < -0.3 is 20.1 Å². The number of amides is 1. The maximum absolute atomic E-state index is 11.6. The van der Waals surface area contributed by atoms with E-state index in [4.69, 9.17) is 15.2 Å². The number of nitrogens with zero attached hydrogens (tertiary/aromatic N) is 1. The third kappa shape index (κ3) is 4.34. The summed E-state index contributed by atoms with van der Waals surface area (Å²) in [4.78, 5) is 13.3. The van der Waals surface area contributed by atoms with Crippen LogP contribution in [0.2, 0.25) is 0 Å². The van der Waals surface area contributed by atoms with Crippen LogP contribution in [-0.2, 0) is 14.3 Å². The van der Waals surface area contributed by atoms with Crippen molar-refractivity contribution in [3.05, 3.63) is 0 Å². The number of ether oxygens (including phenoxy) is 2. The molecule has 6 heteroatoms. The number of rotatable bonds is 3. The second-order valence-electron chi connectivity index (χ2n) is 3.52. The molecule has 0 saturated carbocycles. The topological polar surface area (TPSA) is 64.8 Å². The van der Waals surface area contributed by atoms with E-state index in [0.29, 0.717) is 26.3 Å². The number of nitrogens with two attached hydrogens (primary N) is 1. The van der Waals surface area contributed by atoms with E-state index in [1.165, 1.54) is 0 Å². The van der Waals surface area contributed by atoms with Gasteiger partial charge in [-0.15, -0.1) is 12.4 Å². The molecule has 0 spiro atoms. The Morgan fingerprint density at radius 1 is 1.73 bits per heavy atom. The minimum Gasteiger partial charge on any atom is -0.382 e. The van der Waals surface area contributed by atoms with Gasteiger partial charge in [0.1, 0.15) is 0 Å². The molecule has 1 amide bonds. The van der Waals surface area contributed by atoms with E-state index in [1.54, 1.807) is 18.9 Å². The van der Waals surface area contributed by atoms with Crippen LogP contribution in [0.5, 0.6) is 0 Å². The fourth-order valence-electron chi connectivity index (χ4n) is 1.49. The highest BCUT2D eigenvalue weighted by atomic mass is 35.5. The summed E-state index contributed by atoms with van der Waals surface area (Å²) in [6, 6.07) is -0.434. The first kappa shape index (κ1) is 14.6. The molecule has 0 radical (unpaired) electrons. The van der Waals surface area contributed by atoms with Crippen molar-refractivity contribution in [1.82, 2.24) is 4.90 Å². The Bertz CT molecular complexity index is 200. The molecule has 1 unspecified atom stereocenters. The summed E-state index contributed by atoms with van der Waals surface area (Å²) in [5.41, 5.74) is 5.52. The number of morpholine rings is 1. The second kappa shape index (κ2) is 7.00. The van der Waals surface area contributed by atoms with Crippen molar-refractivity contribution in [2.24, 2.45) is 5.73 Å². The monoisotopic (exact) mass is 238 g/mol. The lowest BCUT2D eigenvalue weighted by atomic mass is 10.2. The number of hydrogen-bond acceptors (Lipinski definition) is 4. The van der Waals surface area contributed by atoms with Crippen molar-refractivity contribution in [2.45, 2.75) is 19.1 Å². The molecule has 0 aliphatic carbocycles. The van der Waals surface area contributed by atoms with Gasteiger partial charge in [-0.3, -0.25) is 4.79 Å². The van der Waals surface area contributed by atoms with Gasteiger partial charge in [-0.1, -0.05) is 0 Å². The molecule has 1 heterocycles. The predicted molar refractivity (Wildman–Crippen MR) is 59.1 cm³/mol. The molecule has 90 valence electrons. The molecule has 1 aliphatic rings. The van der Waals surface area contributed by atoms with Crippen LogP contribution in [0.4, 0.5) is 0 Å². The van der Waals surface area contributed by atoms with E-state index in [1.807, 2.05) is 0 Å². The molecular weight excluding hydrogens is 220 g/mol. The number of hydrogen-bond donors (Lipinski definition) is 1. The average molecular weight is 239 g/mol. The zero-order valence-electron chi connectivity index (χ0n) is 9.14. The van der Waals surface area contributed by atoms with E-state index in [0.717, 1.165) is 0 Å². The van der Waals surface area contributed by atoms with Gasteiger partial charge in [0, 0.05) is 20.2 Å². The van der Waals surface area contributed by atoms with E-state index < -0.39 is 6.04 Å². The summed E-state index contributed by atoms with van der Waals surface area (Å²) in [5.74, 6) is -0.0191. The Morgan fingerprint density at radius 2 is 2.40 bits per heavy atom. The largest absolute Gasteiger partial charge is 0.382 e. The maximum Gasteiger partial charge on any atom is 0.239 e. The highest BCUT2D eigenvalue weighted by Crippen LogP contribution is 2.06. The first-order chi connectivity index (χ1) is 6.65. The second-order valence-corrected chi connectivity index (χ2v) is 3.52. The lowest BCUT2D eigenvalue weighted by Gasteiger charge is -2.33. The summed E-state index contributed by atoms with van der Waals surface area (Å²) in [5, 5.41) is 0. The van der Waals surface area contributed by atoms with Crippen molar-refractivity contribution in [1.29, 1.82) is 0 Å². The molecule has 1 aliphatic heterocycles. The summed E-state index contributed by atoms with van der Waals surface area (Å²) in [7, 11) is 1.62. The molecule has 2 N–H and O–H groups in total. The molecule has 0 aromatic rings. The average Bonchev–Trinajstić information content (AvgIpc) is 2.17. The van der Waals surface area contributed by atoms with Crippen LogP contribution in [0, 0.1) is 0 Å². The lowest BCUT2D eigenvalue weighted by molar-refractivity contribution is -0.141. The van der Waals surface area contributed by atoms with Gasteiger partial charge in [0.25, 0.3) is 0 Å². The molecular formula is C9H19ClN2O3. The van der Waals surface area contributed by atoms with Crippen molar-refractivity contribution >= 4 is 18.3 Å². The normalized spacial score (nSPS) is 23.1. The smallest absolute Gasteiger partial charge is 0.239 e. The van der Waals surface area contributed by atoms with Gasteiger partial charge >= 0.3 is 0 Å². The van der Waals surface area contributed by atoms with E-state index in [2.05, 4.69) is 0 Å². The molecule has 0 bridgehead atoms. The fraction of sp³-hybridized carbons (Fsp3) is 0.889. The van der Waals surface area contributed by atoms with Crippen molar-refractivity contribution in [3.63, 3.8) is 0 Å². The zero-order valence-corrected chi connectivity index (χ0v) is 9.96. The van der Waals surface area contributed by atoms with Crippen LogP contribution in [0.25, 0.3) is 0 Å². The van der Waals surface area contributed by atoms with Crippen LogP contribution in [-0.4, -0.2) is 56.4 Å². The number of carbonyl (C=O) groups excluding carboxylic acids is 1. The van der Waals surface area contributed by atoms with Gasteiger partial charge in [0.2, 0.25) is 5.91 Å². The first-order valence-corrected chi connectivity index (χ1v) is 4.80. The quantitative estimate of drug-likeness (QED) is 0.729. The van der Waals surface area contributed by atoms with Gasteiger partial charge in [-0.25, -0.2) is 0 Å². The van der Waals surface area contributed by atoms with Crippen LogP contribution in [0.1, 0.15) is 6.92 Å². The summed E-state index contributed by atoms with van der Waals surface area (Å²) >= 11 is 0. The standard InChI is InChI=1S/C9H18N2O3.ClH/c1-7(10)9(12)11-3-4-14-8(5-11)6-13-2;/h7-8H,3-6,10H2,1-2H3;1H/t7-,8?;/m0./s1. The minimum atomic E-state index is -0.434. The molecule has 2 atom stereocenters. The Morgan fingerprint density at radius 3 is 2.93 bits per heavy atom. The Hall–Kier alpha value is -0.360.